The van der Waals surface area contributed by atoms with Gasteiger partial charge in [0, 0.05) is 17.1 Å². The minimum absolute atomic E-state index is 0.0273. The number of hydrogen-bond donors (Lipinski definition) is 2. The van der Waals surface area contributed by atoms with Gasteiger partial charge in [-0.3, -0.25) is 4.79 Å². The number of carbonyl (C=O) groups excluding carboxylic acids is 1. The molecule has 8 heteroatoms. The minimum atomic E-state index is -1.40. The minimum Gasteiger partial charge on any atom is -0.508 e. The van der Waals surface area contributed by atoms with Crippen molar-refractivity contribution in [1.29, 1.82) is 0 Å². The summed E-state index contributed by atoms with van der Waals surface area (Å²) in [5, 5.41) is 19.6. The molecule has 2 aromatic carbocycles. The average Bonchev–Trinajstić information content (AvgIpc) is 2.99. The molecule has 140 valence electrons. The van der Waals surface area contributed by atoms with Crippen molar-refractivity contribution in [3.8, 4) is 5.75 Å². The Morgan fingerprint density at radius 1 is 1.15 bits per heavy atom. The lowest BCUT2D eigenvalue weighted by atomic mass is 10.0. The van der Waals surface area contributed by atoms with Gasteiger partial charge in [-0.2, -0.15) is 0 Å². The van der Waals surface area contributed by atoms with Crippen molar-refractivity contribution in [2.45, 2.75) is 24.5 Å². The van der Waals surface area contributed by atoms with Gasteiger partial charge in [0.15, 0.2) is 12.2 Å². The Labute approximate surface area is 159 Å². The molecule has 1 amide bonds. The van der Waals surface area contributed by atoms with E-state index in [2.05, 4.69) is 0 Å². The summed E-state index contributed by atoms with van der Waals surface area (Å²) >= 11 is 5.90. The van der Waals surface area contributed by atoms with E-state index in [-0.39, 0.29) is 18.8 Å². The fraction of sp³-hybridized carbons (Fsp3) is 0.263. The molecule has 2 fully saturated rings. The number of ether oxygens (including phenoxy) is 2. The Bertz CT molecular complexity index is 884. The molecular weight excluding hydrogens is 374 g/mol. The number of phenolic OH excluding ortho intramolecular Hbond substituents is 1. The molecule has 2 aliphatic heterocycles. The van der Waals surface area contributed by atoms with E-state index in [1.54, 1.807) is 36.4 Å². The van der Waals surface area contributed by atoms with Crippen LogP contribution in [0.5, 0.6) is 5.75 Å². The van der Waals surface area contributed by atoms with Gasteiger partial charge in [-0.1, -0.05) is 23.7 Å². The SMILES string of the molecule is O=C(O)C1OC2(c3ccc(O)cc3)CN(Cc3ccc(Cl)cc3)C(=O)C1O2. The fourth-order valence-electron chi connectivity index (χ4n) is 3.39. The third-order valence-electron chi connectivity index (χ3n) is 4.70. The molecule has 27 heavy (non-hydrogen) atoms. The zero-order valence-electron chi connectivity index (χ0n) is 14.0. The fourth-order valence-corrected chi connectivity index (χ4v) is 3.52. The van der Waals surface area contributed by atoms with Gasteiger partial charge in [0.1, 0.15) is 5.75 Å². The highest BCUT2D eigenvalue weighted by Gasteiger charge is 2.60. The van der Waals surface area contributed by atoms with Crippen molar-refractivity contribution in [1.82, 2.24) is 4.90 Å². The highest BCUT2D eigenvalue weighted by atomic mass is 35.5. The van der Waals surface area contributed by atoms with Crippen LogP contribution in [0.4, 0.5) is 0 Å². The largest absolute Gasteiger partial charge is 0.508 e. The molecule has 0 radical (unpaired) electrons. The van der Waals surface area contributed by atoms with Crippen LogP contribution in [-0.2, 0) is 31.4 Å². The molecule has 2 bridgehead atoms. The molecule has 2 aliphatic rings. The van der Waals surface area contributed by atoms with Crippen LogP contribution in [0.1, 0.15) is 11.1 Å². The second-order valence-corrected chi connectivity index (χ2v) is 6.97. The molecule has 2 saturated heterocycles. The standard InChI is InChI=1S/C19H16ClNO6/c20-13-5-1-11(2-6-13)9-21-10-19(12-3-7-14(22)8-4-12)26-15(17(21)23)16(27-19)18(24)25/h1-8,15-16,22H,9-10H2,(H,24,25). The first-order valence-corrected chi connectivity index (χ1v) is 8.67. The molecule has 0 saturated carbocycles. The summed E-state index contributed by atoms with van der Waals surface area (Å²) in [6, 6.07) is 13.1. The van der Waals surface area contributed by atoms with Gasteiger partial charge >= 0.3 is 5.97 Å². The number of fused-ring (bicyclic) bond motifs is 2. The second kappa shape index (κ2) is 6.53. The van der Waals surface area contributed by atoms with Gasteiger partial charge in [0.2, 0.25) is 5.79 Å². The number of carbonyl (C=O) groups is 2. The number of phenols is 1. The molecule has 2 aromatic rings. The van der Waals surface area contributed by atoms with Gasteiger partial charge in [-0.25, -0.2) is 4.79 Å². The van der Waals surface area contributed by atoms with E-state index >= 15 is 0 Å². The van der Waals surface area contributed by atoms with E-state index in [0.29, 0.717) is 10.6 Å². The van der Waals surface area contributed by atoms with Gasteiger partial charge in [-0.05, 0) is 42.0 Å². The molecular formula is C19H16ClNO6. The first-order valence-electron chi connectivity index (χ1n) is 8.29. The Hall–Kier alpha value is -2.61. The summed E-state index contributed by atoms with van der Waals surface area (Å²) in [5.41, 5.74) is 1.38. The molecule has 0 aromatic heterocycles. The van der Waals surface area contributed by atoms with Crippen LogP contribution in [-0.4, -0.2) is 45.7 Å². The van der Waals surface area contributed by atoms with Crippen LogP contribution in [0, 0.1) is 0 Å². The van der Waals surface area contributed by atoms with Crippen LogP contribution in [0.3, 0.4) is 0 Å². The molecule has 0 spiro atoms. The Balaban J connectivity index is 1.69. The number of aliphatic carboxylic acids is 1. The highest BCUT2D eigenvalue weighted by molar-refractivity contribution is 6.30. The van der Waals surface area contributed by atoms with Crippen LogP contribution in [0.25, 0.3) is 0 Å². The predicted molar refractivity (Wildman–Crippen MR) is 94.0 cm³/mol. The number of hydrogen-bond acceptors (Lipinski definition) is 5. The lowest BCUT2D eigenvalue weighted by Gasteiger charge is -2.38. The third kappa shape index (κ3) is 3.14. The molecule has 2 heterocycles. The van der Waals surface area contributed by atoms with E-state index in [1.165, 1.54) is 17.0 Å². The number of aromatic hydroxyl groups is 1. The third-order valence-corrected chi connectivity index (χ3v) is 4.95. The summed E-state index contributed by atoms with van der Waals surface area (Å²) in [5.74, 6) is -3.04. The summed E-state index contributed by atoms with van der Waals surface area (Å²) in [7, 11) is 0. The zero-order valence-corrected chi connectivity index (χ0v) is 14.8. The van der Waals surface area contributed by atoms with Crippen molar-refractivity contribution in [3.63, 3.8) is 0 Å². The maximum absolute atomic E-state index is 12.8. The first-order chi connectivity index (χ1) is 12.9. The smallest absolute Gasteiger partial charge is 0.336 e. The predicted octanol–water partition coefficient (Wildman–Crippen LogP) is 2.11. The molecule has 3 atom stereocenters. The molecule has 0 aliphatic carbocycles. The lowest BCUT2D eigenvalue weighted by molar-refractivity contribution is -0.219. The summed E-state index contributed by atoms with van der Waals surface area (Å²) in [6.45, 7) is 0.297. The summed E-state index contributed by atoms with van der Waals surface area (Å²) < 4.78 is 11.5. The quantitative estimate of drug-likeness (QED) is 0.831. The van der Waals surface area contributed by atoms with Gasteiger partial charge < -0.3 is 24.6 Å². The van der Waals surface area contributed by atoms with Crippen molar-refractivity contribution in [3.05, 3.63) is 64.7 Å². The number of carboxylic acids is 1. The van der Waals surface area contributed by atoms with Crippen molar-refractivity contribution >= 4 is 23.5 Å². The van der Waals surface area contributed by atoms with Gasteiger partial charge in [0.05, 0.1) is 6.54 Å². The number of halogens is 1. The Morgan fingerprint density at radius 3 is 2.44 bits per heavy atom. The van der Waals surface area contributed by atoms with E-state index in [1.807, 2.05) is 0 Å². The van der Waals surface area contributed by atoms with Crippen LogP contribution < -0.4 is 0 Å². The normalized spacial score (nSPS) is 27.0. The lowest BCUT2D eigenvalue weighted by Crippen LogP contribution is -2.53. The monoisotopic (exact) mass is 389 g/mol. The maximum Gasteiger partial charge on any atom is 0.336 e. The average molecular weight is 390 g/mol. The van der Waals surface area contributed by atoms with Crippen molar-refractivity contribution in [2.75, 3.05) is 6.54 Å². The number of nitrogens with zero attached hydrogens (tertiary/aromatic N) is 1. The molecule has 7 nitrogen and oxygen atoms in total. The Morgan fingerprint density at radius 2 is 1.81 bits per heavy atom. The molecule has 3 unspecified atom stereocenters. The van der Waals surface area contributed by atoms with Crippen LogP contribution in [0.15, 0.2) is 48.5 Å². The Kier molecular flexibility index (Phi) is 4.30. The van der Waals surface area contributed by atoms with Crippen molar-refractivity contribution in [2.24, 2.45) is 0 Å². The van der Waals surface area contributed by atoms with Crippen LogP contribution >= 0.6 is 11.6 Å². The van der Waals surface area contributed by atoms with Gasteiger partial charge in [0.25, 0.3) is 5.91 Å². The van der Waals surface area contributed by atoms with Crippen molar-refractivity contribution < 1.29 is 29.3 Å². The highest BCUT2D eigenvalue weighted by Crippen LogP contribution is 2.43. The number of morpholine rings is 1. The van der Waals surface area contributed by atoms with Gasteiger partial charge in [-0.15, -0.1) is 0 Å². The topological polar surface area (TPSA) is 96.3 Å². The maximum atomic E-state index is 12.8. The zero-order chi connectivity index (χ0) is 19.2. The van der Waals surface area contributed by atoms with E-state index in [9.17, 15) is 19.8 Å². The van der Waals surface area contributed by atoms with E-state index < -0.39 is 29.9 Å². The van der Waals surface area contributed by atoms with E-state index in [4.69, 9.17) is 21.1 Å². The first kappa shape index (κ1) is 17.8. The second-order valence-electron chi connectivity index (χ2n) is 6.54. The number of amides is 1. The number of benzene rings is 2. The molecule has 4 rings (SSSR count). The van der Waals surface area contributed by atoms with E-state index in [0.717, 1.165) is 5.56 Å². The molecule has 2 N–H and O–H groups in total. The summed E-state index contributed by atoms with van der Waals surface area (Å²) in [4.78, 5) is 25.9. The van der Waals surface area contributed by atoms with Crippen LogP contribution in [0.2, 0.25) is 5.02 Å². The summed E-state index contributed by atoms with van der Waals surface area (Å²) in [6.07, 6.45) is -2.64. The number of rotatable bonds is 4. The number of carboxylic acid groups (broad SMARTS) is 1.